The van der Waals surface area contributed by atoms with Gasteiger partial charge in [-0.1, -0.05) is 0 Å². The lowest BCUT2D eigenvalue weighted by Gasteiger charge is -2.31. The number of nitrogens with one attached hydrogen (secondary N) is 2. The Kier molecular flexibility index (Phi) is 5.99. The van der Waals surface area contributed by atoms with E-state index in [9.17, 15) is 19.7 Å². The van der Waals surface area contributed by atoms with Gasteiger partial charge in [-0.2, -0.15) is 5.10 Å². The fourth-order valence-corrected chi connectivity index (χ4v) is 3.09. The number of hydrogen-bond donors (Lipinski definition) is 2. The Morgan fingerprint density at radius 1 is 1.25 bits per heavy atom. The monoisotopic (exact) mass is 386 g/mol. The highest BCUT2D eigenvalue weighted by atomic mass is 16.6. The summed E-state index contributed by atoms with van der Waals surface area (Å²) < 4.78 is 1.50. The van der Waals surface area contributed by atoms with Crippen LogP contribution in [0.25, 0.3) is 5.69 Å². The molecule has 2 N–H and O–H groups in total. The summed E-state index contributed by atoms with van der Waals surface area (Å²) in [5, 5.41) is 20.5. The second-order valence-electron chi connectivity index (χ2n) is 6.64. The number of carbonyl (C=O) groups excluding carboxylic acids is 2. The van der Waals surface area contributed by atoms with E-state index in [1.165, 1.54) is 23.0 Å². The predicted molar refractivity (Wildman–Crippen MR) is 101 cm³/mol. The molecule has 0 saturated carbocycles. The van der Waals surface area contributed by atoms with Gasteiger partial charge in [0.1, 0.15) is 0 Å². The number of nitro benzene ring substituents is 1. The van der Waals surface area contributed by atoms with Crippen LogP contribution in [-0.2, 0) is 4.79 Å². The Bertz CT molecular complexity index is 855. The number of nitro groups is 1. The van der Waals surface area contributed by atoms with E-state index in [-0.39, 0.29) is 23.5 Å². The van der Waals surface area contributed by atoms with Crippen molar-refractivity contribution in [3.05, 3.63) is 52.3 Å². The van der Waals surface area contributed by atoms with E-state index in [1.807, 2.05) is 0 Å². The van der Waals surface area contributed by atoms with Gasteiger partial charge >= 0.3 is 0 Å². The van der Waals surface area contributed by atoms with E-state index in [0.29, 0.717) is 17.8 Å². The lowest BCUT2D eigenvalue weighted by molar-refractivity contribution is -0.384. The summed E-state index contributed by atoms with van der Waals surface area (Å²) in [6, 6.07) is 5.99. The normalized spacial score (nSPS) is 15.2. The molecule has 1 aromatic carbocycles. The number of piperidine rings is 1. The van der Waals surface area contributed by atoms with Crippen LogP contribution in [0.2, 0.25) is 0 Å². The summed E-state index contributed by atoms with van der Waals surface area (Å²) in [6.07, 6.45) is 4.62. The molecule has 1 saturated heterocycles. The molecule has 2 heterocycles. The molecule has 2 amide bonds. The Balaban J connectivity index is 1.55. The number of aromatic nitrogens is 2. The highest BCUT2D eigenvalue weighted by Gasteiger charge is 2.22. The summed E-state index contributed by atoms with van der Waals surface area (Å²) >= 11 is 0. The van der Waals surface area contributed by atoms with Crippen LogP contribution in [-0.4, -0.2) is 64.1 Å². The van der Waals surface area contributed by atoms with Gasteiger partial charge in [0.2, 0.25) is 5.91 Å². The second-order valence-corrected chi connectivity index (χ2v) is 6.64. The third-order valence-corrected chi connectivity index (χ3v) is 4.74. The predicted octanol–water partition coefficient (Wildman–Crippen LogP) is 0.721. The third kappa shape index (κ3) is 4.71. The Morgan fingerprint density at radius 3 is 2.54 bits per heavy atom. The van der Waals surface area contributed by atoms with Gasteiger partial charge in [-0.25, -0.2) is 4.68 Å². The van der Waals surface area contributed by atoms with Crippen LogP contribution in [0, 0.1) is 10.1 Å². The summed E-state index contributed by atoms with van der Waals surface area (Å²) in [5.74, 6) is -0.223. The van der Waals surface area contributed by atoms with Crippen molar-refractivity contribution >= 4 is 17.5 Å². The van der Waals surface area contributed by atoms with Crippen LogP contribution in [0.5, 0.6) is 0 Å². The molecule has 0 bridgehead atoms. The van der Waals surface area contributed by atoms with Crippen LogP contribution < -0.4 is 10.6 Å². The fraction of sp³-hybridized carbons (Fsp3) is 0.389. The topological polar surface area (TPSA) is 122 Å². The van der Waals surface area contributed by atoms with Gasteiger partial charge in [0.15, 0.2) is 0 Å². The van der Waals surface area contributed by atoms with Gasteiger partial charge in [-0.05, 0) is 25.0 Å². The average molecular weight is 386 g/mol. The van der Waals surface area contributed by atoms with Crippen LogP contribution >= 0.6 is 0 Å². The highest BCUT2D eigenvalue weighted by Crippen LogP contribution is 2.16. The smallest absolute Gasteiger partial charge is 0.269 e. The van der Waals surface area contributed by atoms with Crippen molar-refractivity contribution in [2.75, 3.05) is 26.7 Å². The van der Waals surface area contributed by atoms with E-state index in [1.54, 1.807) is 25.4 Å². The number of hydrogen-bond acceptors (Lipinski definition) is 6. The molecule has 2 aromatic rings. The minimum absolute atomic E-state index is 0.00312. The number of non-ortho nitro benzene ring substituents is 1. The maximum atomic E-state index is 12.5. The van der Waals surface area contributed by atoms with Gasteiger partial charge < -0.3 is 10.6 Å². The molecule has 1 aromatic heterocycles. The minimum Gasteiger partial charge on any atom is -0.358 e. The van der Waals surface area contributed by atoms with E-state index < -0.39 is 4.92 Å². The van der Waals surface area contributed by atoms with E-state index >= 15 is 0 Å². The number of rotatable bonds is 6. The fourth-order valence-electron chi connectivity index (χ4n) is 3.09. The maximum Gasteiger partial charge on any atom is 0.269 e. The van der Waals surface area contributed by atoms with E-state index in [4.69, 9.17) is 0 Å². The molecule has 1 aliphatic rings. The van der Waals surface area contributed by atoms with Crippen LogP contribution in [0.4, 0.5) is 5.69 Å². The molecule has 0 radical (unpaired) electrons. The zero-order chi connectivity index (χ0) is 20.1. The van der Waals surface area contributed by atoms with Gasteiger partial charge in [0.25, 0.3) is 11.6 Å². The summed E-state index contributed by atoms with van der Waals surface area (Å²) in [4.78, 5) is 36.2. The van der Waals surface area contributed by atoms with Crippen molar-refractivity contribution in [3.8, 4) is 5.69 Å². The first-order valence-electron chi connectivity index (χ1n) is 8.99. The van der Waals surface area contributed by atoms with Crippen molar-refractivity contribution in [2.45, 2.75) is 18.9 Å². The number of benzene rings is 1. The lowest BCUT2D eigenvalue weighted by Crippen LogP contribution is -2.47. The molecule has 148 valence electrons. The number of likely N-dealkylation sites (N-methyl/N-ethyl adjacent to an activating group) is 1. The molecule has 0 spiro atoms. The summed E-state index contributed by atoms with van der Waals surface area (Å²) in [6.45, 7) is 1.88. The first-order valence-corrected chi connectivity index (χ1v) is 8.99. The quantitative estimate of drug-likeness (QED) is 0.557. The third-order valence-electron chi connectivity index (χ3n) is 4.74. The highest BCUT2D eigenvalue weighted by molar-refractivity contribution is 5.94. The number of amides is 2. The van der Waals surface area contributed by atoms with Gasteiger partial charge in [-0.15, -0.1) is 0 Å². The van der Waals surface area contributed by atoms with Crippen LogP contribution in [0.15, 0.2) is 36.7 Å². The first kappa shape index (κ1) is 19.5. The van der Waals surface area contributed by atoms with Crippen molar-refractivity contribution in [1.29, 1.82) is 0 Å². The lowest BCUT2D eigenvalue weighted by atomic mass is 10.0. The minimum atomic E-state index is -0.467. The van der Waals surface area contributed by atoms with E-state index in [0.717, 1.165) is 25.9 Å². The molecule has 10 heteroatoms. The molecular weight excluding hydrogens is 364 g/mol. The molecule has 0 aliphatic carbocycles. The molecule has 3 rings (SSSR count). The van der Waals surface area contributed by atoms with Crippen molar-refractivity contribution < 1.29 is 14.5 Å². The first-order chi connectivity index (χ1) is 13.5. The molecule has 10 nitrogen and oxygen atoms in total. The zero-order valence-corrected chi connectivity index (χ0v) is 15.5. The van der Waals surface area contributed by atoms with Crippen molar-refractivity contribution in [3.63, 3.8) is 0 Å². The van der Waals surface area contributed by atoms with Gasteiger partial charge in [0.05, 0.1) is 28.9 Å². The van der Waals surface area contributed by atoms with Crippen molar-refractivity contribution in [2.24, 2.45) is 0 Å². The average Bonchev–Trinajstić information content (AvgIpc) is 3.20. The summed E-state index contributed by atoms with van der Waals surface area (Å²) in [7, 11) is 1.62. The molecule has 0 atom stereocenters. The van der Waals surface area contributed by atoms with Crippen LogP contribution in [0.3, 0.4) is 0 Å². The Morgan fingerprint density at radius 2 is 1.93 bits per heavy atom. The maximum absolute atomic E-state index is 12.5. The molecular formula is C18H22N6O4. The molecule has 28 heavy (non-hydrogen) atoms. The van der Waals surface area contributed by atoms with Crippen LogP contribution in [0.1, 0.15) is 23.2 Å². The SMILES string of the molecule is CNC(=O)CN1CCC(NC(=O)c2cnn(-c3ccc([N+](=O)[O-])cc3)c2)CC1. The summed E-state index contributed by atoms with van der Waals surface area (Å²) in [5.41, 5.74) is 1.05. The number of carbonyl (C=O) groups is 2. The Labute approximate surface area is 161 Å². The Hall–Kier alpha value is -3.27. The van der Waals surface area contributed by atoms with E-state index in [2.05, 4.69) is 20.6 Å². The number of nitrogens with zero attached hydrogens (tertiary/aromatic N) is 4. The zero-order valence-electron chi connectivity index (χ0n) is 15.5. The molecule has 1 aliphatic heterocycles. The molecule has 0 unspecified atom stereocenters. The van der Waals surface area contributed by atoms with Gasteiger partial charge in [0, 0.05) is 44.5 Å². The number of likely N-dealkylation sites (tertiary alicyclic amines) is 1. The standard InChI is InChI=1S/C18H22N6O4/c1-19-17(25)12-22-8-6-14(7-9-22)21-18(26)13-10-20-23(11-13)15-2-4-16(5-3-15)24(27)28/h2-5,10-11,14H,6-9,12H2,1H3,(H,19,25)(H,21,26). The van der Waals surface area contributed by atoms with Gasteiger partial charge in [-0.3, -0.25) is 24.6 Å². The molecule has 1 fully saturated rings. The largest absolute Gasteiger partial charge is 0.358 e. The van der Waals surface area contributed by atoms with Crippen molar-refractivity contribution in [1.82, 2.24) is 25.3 Å². The second kappa shape index (κ2) is 8.61.